The lowest BCUT2D eigenvalue weighted by molar-refractivity contribution is 0.576. The van der Waals surface area contributed by atoms with Crippen molar-refractivity contribution in [3.63, 3.8) is 0 Å². The maximum absolute atomic E-state index is 12.8. The fraction of sp³-hybridized carbons (Fsp3) is 0.238. The van der Waals surface area contributed by atoms with E-state index in [0.29, 0.717) is 15.9 Å². The summed E-state index contributed by atoms with van der Waals surface area (Å²) in [4.78, 5) is 4.40. The molecule has 0 bridgehead atoms. The van der Waals surface area contributed by atoms with E-state index in [0.717, 1.165) is 36.8 Å². The number of halogens is 1. The van der Waals surface area contributed by atoms with E-state index in [1.54, 1.807) is 24.3 Å². The maximum Gasteiger partial charge on any atom is 0.241 e. The largest absolute Gasteiger partial charge is 0.255 e. The molecule has 2 aromatic carbocycles. The predicted octanol–water partition coefficient (Wildman–Crippen LogP) is 3.19. The Labute approximate surface area is 186 Å². The minimum absolute atomic E-state index is 0.0217. The van der Waals surface area contributed by atoms with E-state index in [2.05, 4.69) is 14.4 Å². The van der Waals surface area contributed by atoms with Gasteiger partial charge >= 0.3 is 0 Å². The average molecular weight is 479 g/mol. The SMILES string of the molecule is O=S(=O)(N[CH]CNS(=O)(=O)c1ccc(Cl)c2ncccc12)c1cccc2c1CCCC2. The molecular formula is C21H21ClN3O4S2. The molecule has 0 saturated heterocycles. The highest BCUT2D eigenvalue weighted by Crippen LogP contribution is 2.28. The van der Waals surface area contributed by atoms with E-state index in [9.17, 15) is 16.8 Å². The van der Waals surface area contributed by atoms with Crippen molar-refractivity contribution in [3.8, 4) is 0 Å². The minimum Gasteiger partial charge on any atom is -0.255 e. The molecule has 2 N–H and O–H groups in total. The number of hydrogen-bond acceptors (Lipinski definition) is 5. The highest BCUT2D eigenvalue weighted by Gasteiger charge is 2.23. The Hall–Kier alpha value is -2.04. The summed E-state index contributed by atoms with van der Waals surface area (Å²) < 4.78 is 55.8. The lowest BCUT2D eigenvalue weighted by atomic mass is 9.92. The van der Waals surface area contributed by atoms with Gasteiger partial charge in [0.25, 0.3) is 0 Å². The molecule has 31 heavy (non-hydrogen) atoms. The van der Waals surface area contributed by atoms with Crippen LogP contribution in [-0.2, 0) is 32.9 Å². The van der Waals surface area contributed by atoms with Crippen molar-refractivity contribution >= 4 is 42.6 Å². The summed E-state index contributed by atoms with van der Waals surface area (Å²) in [6.45, 7) is 0.965. The second kappa shape index (κ2) is 8.84. The summed E-state index contributed by atoms with van der Waals surface area (Å²) in [5.41, 5.74) is 2.28. The van der Waals surface area contributed by atoms with Crippen molar-refractivity contribution in [2.45, 2.75) is 35.5 Å². The fourth-order valence-corrected chi connectivity index (χ4v) is 6.41. The van der Waals surface area contributed by atoms with Crippen LogP contribution in [0, 0.1) is 6.54 Å². The summed E-state index contributed by atoms with van der Waals surface area (Å²) in [6.07, 6.45) is 5.12. The van der Waals surface area contributed by atoms with E-state index in [1.165, 1.54) is 24.9 Å². The molecule has 0 saturated carbocycles. The number of rotatable bonds is 7. The Morgan fingerprint density at radius 2 is 1.74 bits per heavy atom. The van der Waals surface area contributed by atoms with Gasteiger partial charge in [0.05, 0.1) is 26.9 Å². The van der Waals surface area contributed by atoms with Crippen molar-refractivity contribution in [1.82, 2.24) is 14.4 Å². The molecule has 7 nitrogen and oxygen atoms in total. The van der Waals surface area contributed by atoms with Gasteiger partial charge in [0.15, 0.2) is 0 Å². The quantitative estimate of drug-likeness (QED) is 0.507. The second-order valence-corrected chi connectivity index (χ2v) is 11.0. The molecule has 0 fully saturated rings. The van der Waals surface area contributed by atoms with E-state index < -0.39 is 20.0 Å². The maximum atomic E-state index is 12.8. The molecule has 1 aliphatic rings. The molecule has 1 heterocycles. The molecule has 0 spiro atoms. The third-order valence-electron chi connectivity index (χ3n) is 5.23. The first-order chi connectivity index (χ1) is 14.8. The predicted molar refractivity (Wildman–Crippen MR) is 120 cm³/mol. The summed E-state index contributed by atoms with van der Waals surface area (Å²) >= 11 is 6.10. The van der Waals surface area contributed by atoms with E-state index in [4.69, 9.17) is 11.6 Å². The number of pyridine rings is 1. The summed E-state index contributed by atoms with van der Waals surface area (Å²) in [5, 5.41) is 0.735. The van der Waals surface area contributed by atoms with Crippen LogP contribution >= 0.6 is 11.6 Å². The molecular weight excluding hydrogens is 458 g/mol. The van der Waals surface area contributed by atoms with Crippen LogP contribution in [0.25, 0.3) is 10.9 Å². The number of hydrogen-bond donors (Lipinski definition) is 2. The van der Waals surface area contributed by atoms with Gasteiger partial charge in [-0.2, -0.15) is 0 Å². The van der Waals surface area contributed by atoms with Crippen molar-refractivity contribution in [2.75, 3.05) is 6.54 Å². The van der Waals surface area contributed by atoms with Crippen LogP contribution < -0.4 is 9.44 Å². The molecule has 4 rings (SSSR count). The van der Waals surface area contributed by atoms with Crippen molar-refractivity contribution in [1.29, 1.82) is 0 Å². The molecule has 0 atom stereocenters. The van der Waals surface area contributed by atoms with Gasteiger partial charge in [-0.1, -0.05) is 23.7 Å². The number of fused-ring (bicyclic) bond motifs is 2. The van der Waals surface area contributed by atoms with Gasteiger partial charge in [-0.15, -0.1) is 0 Å². The zero-order valence-electron chi connectivity index (χ0n) is 16.5. The molecule has 1 aliphatic carbocycles. The first-order valence-electron chi connectivity index (χ1n) is 9.77. The number of aromatic nitrogens is 1. The number of benzene rings is 2. The Bertz CT molecular complexity index is 1340. The van der Waals surface area contributed by atoms with Gasteiger partial charge in [-0.3, -0.25) is 4.98 Å². The smallest absolute Gasteiger partial charge is 0.241 e. The fourth-order valence-electron chi connectivity index (χ4n) is 3.79. The third kappa shape index (κ3) is 4.61. The molecule has 163 valence electrons. The van der Waals surface area contributed by atoms with Gasteiger partial charge < -0.3 is 0 Å². The monoisotopic (exact) mass is 478 g/mol. The van der Waals surface area contributed by atoms with Gasteiger partial charge in [-0.25, -0.2) is 26.3 Å². The normalized spacial score (nSPS) is 14.5. The molecule has 0 unspecified atom stereocenters. The number of aryl methyl sites for hydroxylation is 1. The Morgan fingerprint density at radius 1 is 0.935 bits per heavy atom. The molecule has 1 aromatic heterocycles. The van der Waals surface area contributed by atoms with Crippen LogP contribution in [0.2, 0.25) is 5.02 Å². The van der Waals surface area contributed by atoms with Crippen molar-refractivity contribution in [3.05, 3.63) is 71.4 Å². The third-order valence-corrected chi connectivity index (χ3v) is 8.45. The molecule has 0 aliphatic heterocycles. The van der Waals surface area contributed by atoms with Crippen LogP contribution in [0.3, 0.4) is 0 Å². The first kappa shape index (κ1) is 22.2. The van der Waals surface area contributed by atoms with E-state index in [-0.39, 0.29) is 16.3 Å². The van der Waals surface area contributed by atoms with Crippen LogP contribution in [0.15, 0.2) is 58.5 Å². The van der Waals surface area contributed by atoms with Gasteiger partial charge in [0.1, 0.15) is 0 Å². The summed E-state index contributed by atoms with van der Waals surface area (Å²) in [7, 11) is -7.71. The molecule has 10 heteroatoms. The van der Waals surface area contributed by atoms with Crippen LogP contribution in [-0.4, -0.2) is 28.4 Å². The van der Waals surface area contributed by atoms with Gasteiger partial charge in [0.2, 0.25) is 20.0 Å². The highest BCUT2D eigenvalue weighted by molar-refractivity contribution is 7.90. The summed E-state index contributed by atoms with van der Waals surface area (Å²) in [6, 6.07) is 11.4. The highest BCUT2D eigenvalue weighted by atomic mass is 35.5. The molecule has 1 radical (unpaired) electrons. The van der Waals surface area contributed by atoms with Crippen LogP contribution in [0.1, 0.15) is 24.0 Å². The first-order valence-corrected chi connectivity index (χ1v) is 13.1. The van der Waals surface area contributed by atoms with Gasteiger partial charge in [0, 0.05) is 18.1 Å². The van der Waals surface area contributed by atoms with E-state index >= 15 is 0 Å². The lowest BCUT2D eigenvalue weighted by Crippen LogP contribution is -2.32. The number of nitrogens with zero attached hydrogens (tertiary/aromatic N) is 1. The minimum atomic E-state index is -3.92. The zero-order valence-corrected chi connectivity index (χ0v) is 18.9. The van der Waals surface area contributed by atoms with Crippen LogP contribution in [0.4, 0.5) is 0 Å². The average Bonchev–Trinajstić information content (AvgIpc) is 2.76. The zero-order chi connectivity index (χ0) is 22.1. The summed E-state index contributed by atoms with van der Waals surface area (Å²) in [5.74, 6) is 0. The lowest BCUT2D eigenvalue weighted by Gasteiger charge is -2.19. The topological polar surface area (TPSA) is 105 Å². The Kier molecular flexibility index (Phi) is 6.32. The molecule has 3 aromatic rings. The Balaban J connectivity index is 1.46. The number of nitrogens with one attached hydrogen (secondary N) is 2. The van der Waals surface area contributed by atoms with Gasteiger partial charge in [-0.05, 0) is 67.1 Å². The van der Waals surface area contributed by atoms with E-state index in [1.807, 2.05) is 6.07 Å². The van der Waals surface area contributed by atoms with Crippen LogP contribution in [0.5, 0.6) is 0 Å². The number of sulfonamides is 2. The molecule has 0 amide bonds. The standard InChI is InChI=1S/C21H21ClN3O4S2/c22-18-10-11-20(17-8-4-12-23-21(17)18)31(28,29)25-14-13-24-30(26,27)19-9-3-6-15-5-1-2-7-16(15)19/h3-4,6,8-13,24-25H,1-2,5,7,14H2. The van der Waals surface area contributed by atoms with Crippen molar-refractivity contribution < 1.29 is 16.8 Å². The Morgan fingerprint density at radius 3 is 2.58 bits per heavy atom. The second-order valence-electron chi connectivity index (χ2n) is 7.22. The van der Waals surface area contributed by atoms with Crippen molar-refractivity contribution in [2.24, 2.45) is 0 Å².